The van der Waals surface area contributed by atoms with E-state index in [1.165, 1.54) is 12.1 Å². The average Bonchev–Trinajstić information content (AvgIpc) is 2.30. The molecule has 0 saturated carbocycles. The summed E-state index contributed by atoms with van der Waals surface area (Å²) in [5.41, 5.74) is 0.871. The predicted molar refractivity (Wildman–Crippen MR) is 68.9 cm³/mol. The molecule has 2 atom stereocenters. The van der Waals surface area contributed by atoms with Crippen molar-refractivity contribution in [1.29, 1.82) is 0 Å². The molecule has 0 bridgehead atoms. The van der Waals surface area contributed by atoms with E-state index in [1.54, 1.807) is 6.07 Å². The fourth-order valence-corrected chi connectivity index (χ4v) is 1.80. The SMILES string of the molecule is CCCC(C)Oc1ccc(F)cc1C(C)NC. The van der Waals surface area contributed by atoms with Crippen molar-refractivity contribution in [3.05, 3.63) is 29.6 Å². The second kappa shape index (κ2) is 6.60. The Labute approximate surface area is 103 Å². The average molecular weight is 239 g/mol. The van der Waals surface area contributed by atoms with Gasteiger partial charge in [-0.1, -0.05) is 13.3 Å². The maximum absolute atomic E-state index is 13.2. The Bertz CT molecular complexity index is 354. The maximum atomic E-state index is 13.2. The summed E-state index contributed by atoms with van der Waals surface area (Å²) >= 11 is 0. The van der Waals surface area contributed by atoms with Crippen molar-refractivity contribution >= 4 is 0 Å². The predicted octanol–water partition coefficient (Wildman–Crippen LogP) is 3.67. The van der Waals surface area contributed by atoms with Crippen molar-refractivity contribution in [2.24, 2.45) is 0 Å². The van der Waals surface area contributed by atoms with E-state index in [2.05, 4.69) is 12.2 Å². The number of hydrogen-bond acceptors (Lipinski definition) is 2. The van der Waals surface area contributed by atoms with Gasteiger partial charge in [0.15, 0.2) is 0 Å². The summed E-state index contributed by atoms with van der Waals surface area (Å²) in [6, 6.07) is 4.77. The molecule has 0 aliphatic rings. The molecule has 1 aromatic rings. The van der Waals surface area contributed by atoms with Crippen molar-refractivity contribution < 1.29 is 9.13 Å². The van der Waals surface area contributed by atoms with Gasteiger partial charge in [-0.15, -0.1) is 0 Å². The Kier molecular flexibility index (Phi) is 5.42. The molecule has 0 spiro atoms. The lowest BCUT2D eigenvalue weighted by Gasteiger charge is -2.20. The molecule has 1 rings (SSSR count). The van der Waals surface area contributed by atoms with E-state index in [9.17, 15) is 4.39 Å². The van der Waals surface area contributed by atoms with E-state index in [4.69, 9.17) is 4.74 Å². The Morgan fingerprint density at radius 3 is 2.65 bits per heavy atom. The molecule has 0 radical (unpaired) electrons. The van der Waals surface area contributed by atoms with Gasteiger partial charge in [-0.25, -0.2) is 4.39 Å². The van der Waals surface area contributed by atoms with E-state index in [0.717, 1.165) is 24.2 Å². The van der Waals surface area contributed by atoms with Gasteiger partial charge in [-0.3, -0.25) is 0 Å². The van der Waals surface area contributed by atoms with Gasteiger partial charge in [-0.2, -0.15) is 0 Å². The van der Waals surface area contributed by atoms with Crippen LogP contribution >= 0.6 is 0 Å². The maximum Gasteiger partial charge on any atom is 0.124 e. The minimum atomic E-state index is -0.224. The molecule has 0 saturated heterocycles. The Balaban J connectivity index is 2.90. The first-order valence-corrected chi connectivity index (χ1v) is 6.21. The van der Waals surface area contributed by atoms with Crippen molar-refractivity contribution in [1.82, 2.24) is 5.32 Å². The van der Waals surface area contributed by atoms with Crippen molar-refractivity contribution in [3.63, 3.8) is 0 Å². The third-order valence-electron chi connectivity index (χ3n) is 2.89. The van der Waals surface area contributed by atoms with Crippen molar-refractivity contribution in [3.8, 4) is 5.75 Å². The zero-order valence-corrected chi connectivity index (χ0v) is 11.1. The fraction of sp³-hybridized carbons (Fsp3) is 0.571. The third kappa shape index (κ3) is 4.00. The molecule has 2 unspecified atom stereocenters. The highest BCUT2D eigenvalue weighted by molar-refractivity contribution is 5.36. The van der Waals surface area contributed by atoms with E-state index in [0.29, 0.717) is 0 Å². The molecule has 1 aromatic carbocycles. The van der Waals surface area contributed by atoms with Gasteiger partial charge in [0, 0.05) is 11.6 Å². The standard InChI is InChI=1S/C14H22FNO/c1-5-6-10(2)17-14-8-7-12(15)9-13(14)11(3)16-4/h7-11,16H,5-6H2,1-4H3. The second-order valence-corrected chi connectivity index (χ2v) is 4.41. The quantitative estimate of drug-likeness (QED) is 0.817. The van der Waals surface area contributed by atoms with Gasteiger partial charge in [0.25, 0.3) is 0 Å². The largest absolute Gasteiger partial charge is 0.490 e. The Hall–Kier alpha value is -1.09. The number of hydrogen-bond donors (Lipinski definition) is 1. The van der Waals surface area contributed by atoms with Crippen LogP contribution in [0.4, 0.5) is 4.39 Å². The summed E-state index contributed by atoms with van der Waals surface area (Å²) in [7, 11) is 1.86. The highest BCUT2D eigenvalue weighted by Gasteiger charge is 2.13. The Morgan fingerprint density at radius 2 is 2.06 bits per heavy atom. The number of halogens is 1. The van der Waals surface area contributed by atoms with Gasteiger partial charge < -0.3 is 10.1 Å². The van der Waals surface area contributed by atoms with E-state index >= 15 is 0 Å². The zero-order chi connectivity index (χ0) is 12.8. The topological polar surface area (TPSA) is 21.3 Å². The van der Waals surface area contributed by atoms with Gasteiger partial charge >= 0.3 is 0 Å². The molecule has 17 heavy (non-hydrogen) atoms. The molecule has 0 aliphatic carbocycles. The molecule has 0 aromatic heterocycles. The van der Waals surface area contributed by atoms with E-state index in [1.807, 2.05) is 20.9 Å². The lowest BCUT2D eigenvalue weighted by molar-refractivity contribution is 0.206. The van der Waals surface area contributed by atoms with Crippen LogP contribution in [-0.4, -0.2) is 13.2 Å². The third-order valence-corrected chi connectivity index (χ3v) is 2.89. The van der Waals surface area contributed by atoms with Crippen LogP contribution in [0.5, 0.6) is 5.75 Å². The molecule has 96 valence electrons. The number of ether oxygens (including phenoxy) is 1. The smallest absolute Gasteiger partial charge is 0.124 e. The minimum absolute atomic E-state index is 0.0783. The first kappa shape index (κ1) is 14.0. The molecular formula is C14H22FNO. The monoisotopic (exact) mass is 239 g/mol. The van der Waals surface area contributed by atoms with E-state index < -0.39 is 0 Å². The van der Waals surface area contributed by atoms with Crippen LogP contribution in [0.2, 0.25) is 0 Å². The fourth-order valence-electron chi connectivity index (χ4n) is 1.80. The van der Waals surface area contributed by atoms with Crippen LogP contribution in [0.15, 0.2) is 18.2 Å². The molecule has 0 heterocycles. The Morgan fingerprint density at radius 1 is 1.35 bits per heavy atom. The summed E-state index contributed by atoms with van der Waals surface area (Å²) < 4.78 is 19.1. The van der Waals surface area contributed by atoms with Crippen LogP contribution in [-0.2, 0) is 0 Å². The highest BCUT2D eigenvalue weighted by atomic mass is 19.1. The first-order valence-electron chi connectivity index (χ1n) is 6.21. The molecular weight excluding hydrogens is 217 g/mol. The second-order valence-electron chi connectivity index (χ2n) is 4.41. The number of benzene rings is 1. The summed E-state index contributed by atoms with van der Waals surface area (Å²) in [5, 5.41) is 3.11. The lowest BCUT2D eigenvalue weighted by Crippen LogP contribution is -2.17. The van der Waals surface area contributed by atoms with Crippen LogP contribution in [0.25, 0.3) is 0 Å². The van der Waals surface area contributed by atoms with E-state index in [-0.39, 0.29) is 18.0 Å². The van der Waals surface area contributed by atoms with Crippen molar-refractivity contribution in [2.45, 2.75) is 45.8 Å². The zero-order valence-electron chi connectivity index (χ0n) is 11.1. The van der Waals surface area contributed by atoms with Gasteiger partial charge in [-0.05, 0) is 45.5 Å². The summed E-state index contributed by atoms with van der Waals surface area (Å²) in [4.78, 5) is 0. The lowest BCUT2D eigenvalue weighted by atomic mass is 10.1. The van der Waals surface area contributed by atoms with Crippen LogP contribution in [0, 0.1) is 5.82 Å². The number of rotatable bonds is 6. The van der Waals surface area contributed by atoms with Crippen LogP contribution in [0.3, 0.4) is 0 Å². The van der Waals surface area contributed by atoms with Gasteiger partial charge in [0.05, 0.1) is 6.10 Å². The summed E-state index contributed by atoms with van der Waals surface area (Å²) in [6.45, 7) is 6.16. The molecule has 0 fully saturated rings. The highest BCUT2D eigenvalue weighted by Crippen LogP contribution is 2.27. The molecule has 2 nitrogen and oxygen atoms in total. The molecule has 3 heteroatoms. The normalized spacial score (nSPS) is 14.4. The van der Waals surface area contributed by atoms with Crippen LogP contribution < -0.4 is 10.1 Å². The number of nitrogens with one attached hydrogen (secondary N) is 1. The molecule has 1 N–H and O–H groups in total. The molecule has 0 amide bonds. The minimum Gasteiger partial charge on any atom is -0.490 e. The summed E-state index contributed by atoms with van der Waals surface area (Å²) in [5.74, 6) is 0.548. The van der Waals surface area contributed by atoms with Gasteiger partial charge in [0.2, 0.25) is 0 Å². The molecule has 0 aliphatic heterocycles. The summed E-state index contributed by atoms with van der Waals surface area (Å²) in [6.07, 6.45) is 2.25. The first-order chi connectivity index (χ1) is 8.08. The van der Waals surface area contributed by atoms with Crippen molar-refractivity contribution in [2.75, 3.05) is 7.05 Å². The van der Waals surface area contributed by atoms with Gasteiger partial charge in [0.1, 0.15) is 11.6 Å². The van der Waals surface area contributed by atoms with Crippen LogP contribution in [0.1, 0.15) is 45.2 Å².